The molecular formula is C17H18O4. The number of benzene rings is 2. The van der Waals surface area contributed by atoms with E-state index in [0.717, 1.165) is 11.1 Å². The molecule has 0 aliphatic heterocycles. The van der Waals surface area contributed by atoms with Gasteiger partial charge in [0.15, 0.2) is 17.3 Å². The van der Waals surface area contributed by atoms with Gasteiger partial charge in [0.25, 0.3) is 0 Å². The van der Waals surface area contributed by atoms with Crippen LogP contribution in [0, 0.1) is 0 Å². The van der Waals surface area contributed by atoms with Crippen molar-refractivity contribution in [3.8, 4) is 28.4 Å². The topological polar surface area (TPSA) is 44.8 Å². The molecule has 0 heterocycles. The zero-order valence-electron chi connectivity index (χ0n) is 12.6. The maximum atomic E-state index is 11.5. The lowest BCUT2D eigenvalue weighted by atomic mass is 10.0. The minimum Gasteiger partial charge on any atom is -0.493 e. The Kier molecular flexibility index (Phi) is 4.48. The number of carbonyl (C=O) groups excluding carboxylic acids is 1. The number of Topliss-reactive ketones (excluding diaryl/α,β-unsaturated/α-hetero) is 1. The van der Waals surface area contributed by atoms with E-state index in [4.69, 9.17) is 14.2 Å². The first-order valence-electron chi connectivity index (χ1n) is 6.52. The molecule has 4 heteroatoms. The van der Waals surface area contributed by atoms with E-state index in [2.05, 4.69) is 0 Å². The summed E-state index contributed by atoms with van der Waals surface area (Å²) in [5, 5.41) is 0. The Morgan fingerprint density at radius 2 is 1.48 bits per heavy atom. The van der Waals surface area contributed by atoms with Crippen LogP contribution < -0.4 is 14.2 Å². The average Bonchev–Trinajstić information content (AvgIpc) is 2.53. The van der Waals surface area contributed by atoms with E-state index >= 15 is 0 Å². The summed E-state index contributed by atoms with van der Waals surface area (Å²) in [6.07, 6.45) is 0. The molecule has 0 atom stereocenters. The first-order chi connectivity index (χ1) is 10.1. The van der Waals surface area contributed by atoms with E-state index in [0.29, 0.717) is 22.8 Å². The smallest absolute Gasteiger partial charge is 0.203 e. The lowest BCUT2D eigenvalue weighted by Crippen LogP contribution is -1.96. The van der Waals surface area contributed by atoms with Gasteiger partial charge in [-0.3, -0.25) is 4.79 Å². The van der Waals surface area contributed by atoms with Crippen LogP contribution in [0.15, 0.2) is 36.4 Å². The van der Waals surface area contributed by atoms with Gasteiger partial charge >= 0.3 is 0 Å². The summed E-state index contributed by atoms with van der Waals surface area (Å²) in [5.41, 5.74) is 2.48. The van der Waals surface area contributed by atoms with Crippen molar-refractivity contribution in [1.82, 2.24) is 0 Å². The van der Waals surface area contributed by atoms with Gasteiger partial charge < -0.3 is 14.2 Å². The average molecular weight is 286 g/mol. The zero-order valence-corrected chi connectivity index (χ0v) is 12.6. The van der Waals surface area contributed by atoms with Crippen LogP contribution in [0.3, 0.4) is 0 Å². The van der Waals surface area contributed by atoms with Crippen LogP contribution >= 0.6 is 0 Å². The Balaban J connectivity index is 2.58. The molecule has 0 amide bonds. The lowest BCUT2D eigenvalue weighted by molar-refractivity contribution is 0.101. The Bertz CT molecular complexity index is 637. The molecule has 4 nitrogen and oxygen atoms in total. The van der Waals surface area contributed by atoms with E-state index < -0.39 is 0 Å². The van der Waals surface area contributed by atoms with Crippen LogP contribution in [0.4, 0.5) is 0 Å². The zero-order chi connectivity index (χ0) is 15.4. The van der Waals surface area contributed by atoms with Crippen molar-refractivity contribution in [1.29, 1.82) is 0 Å². The molecule has 0 radical (unpaired) electrons. The molecule has 0 saturated carbocycles. The van der Waals surface area contributed by atoms with Crippen molar-refractivity contribution >= 4 is 5.78 Å². The first-order valence-corrected chi connectivity index (χ1v) is 6.52. The summed E-state index contributed by atoms with van der Waals surface area (Å²) in [6, 6.07) is 11.2. The minimum atomic E-state index is 0.0318. The highest BCUT2D eigenvalue weighted by Crippen LogP contribution is 2.41. The monoisotopic (exact) mass is 286 g/mol. The molecular weight excluding hydrogens is 268 g/mol. The van der Waals surface area contributed by atoms with Crippen molar-refractivity contribution in [3.05, 3.63) is 42.0 Å². The second kappa shape index (κ2) is 6.31. The van der Waals surface area contributed by atoms with Crippen LogP contribution in [-0.2, 0) is 0 Å². The third-order valence-corrected chi connectivity index (χ3v) is 3.27. The lowest BCUT2D eigenvalue weighted by Gasteiger charge is -2.14. The van der Waals surface area contributed by atoms with Gasteiger partial charge in [-0.1, -0.05) is 18.2 Å². The molecule has 0 unspecified atom stereocenters. The molecule has 0 N–H and O–H groups in total. The van der Waals surface area contributed by atoms with E-state index in [9.17, 15) is 4.79 Å². The van der Waals surface area contributed by atoms with Crippen LogP contribution in [0.1, 0.15) is 17.3 Å². The molecule has 0 spiro atoms. The Hall–Kier alpha value is -2.49. The van der Waals surface area contributed by atoms with Crippen LogP contribution in [0.5, 0.6) is 17.2 Å². The standard InChI is InChI=1S/C17H18O4/c1-11(18)12-6-5-7-13(8-12)14-9-15(19-2)17(21-4)16(10-14)20-3/h5-10H,1-4H3. The molecule has 21 heavy (non-hydrogen) atoms. The van der Waals surface area contributed by atoms with Crippen molar-refractivity contribution in [3.63, 3.8) is 0 Å². The second-order valence-corrected chi connectivity index (χ2v) is 4.55. The fraction of sp³-hybridized carbons (Fsp3) is 0.235. The number of hydrogen-bond acceptors (Lipinski definition) is 4. The molecule has 110 valence electrons. The third kappa shape index (κ3) is 2.99. The van der Waals surface area contributed by atoms with Crippen molar-refractivity contribution < 1.29 is 19.0 Å². The fourth-order valence-electron chi connectivity index (χ4n) is 2.17. The Morgan fingerprint density at radius 3 is 1.95 bits per heavy atom. The normalized spacial score (nSPS) is 10.1. The maximum Gasteiger partial charge on any atom is 0.203 e. The van der Waals surface area contributed by atoms with Crippen molar-refractivity contribution in [2.24, 2.45) is 0 Å². The first kappa shape index (κ1) is 14.9. The minimum absolute atomic E-state index is 0.0318. The molecule has 0 saturated heterocycles. The van der Waals surface area contributed by atoms with Gasteiger partial charge in [-0.05, 0) is 36.2 Å². The summed E-state index contributed by atoms with van der Waals surface area (Å²) < 4.78 is 16.0. The third-order valence-electron chi connectivity index (χ3n) is 3.27. The number of methoxy groups -OCH3 is 3. The van der Waals surface area contributed by atoms with Gasteiger partial charge in [0, 0.05) is 5.56 Å². The number of ether oxygens (including phenoxy) is 3. The fourth-order valence-corrected chi connectivity index (χ4v) is 2.17. The molecule has 0 bridgehead atoms. The largest absolute Gasteiger partial charge is 0.493 e. The van der Waals surface area contributed by atoms with Crippen molar-refractivity contribution in [2.75, 3.05) is 21.3 Å². The maximum absolute atomic E-state index is 11.5. The van der Waals surface area contributed by atoms with Crippen LogP contribution in [0.25, 0.3) is 11.1 Å². The van der Waals surface area contributed by atoms with E-state index in [1.54, 1.807) is 34.3 Å². The number of rotatable bonds is 5. The summed E-state index contributed by atoms with van der Waals surface area (Å²) in [7, 11) is 4.72. The SMILES string of the molecule is COc1cc(-c2cccc(C(C)=O)c2)cc(OC)c1OC. The molecule has 0 fully saturated rings. The molecule has 0 aromatic heterocycles. The molecule has 0 aliphatic rings. The summed E-state index contributed by atoms with van der Waals surface area (Å²) >= 11 is 0. The van der Waals surface area contributed by atoms with Gasteiger partial charge in [0.05, 0.1) is 21.3 Å². The molecule has 2 aromatic rings. The Morgan fingerprint density at radius 1 is 0.857 bits per heavy atom. The summed E-state index contributed by atoms with van der Waals surface area (Å²) in [4.78, 5) is 11.5. The van der Waals surface area contributed by atoms with Gasteiger partial charge in [-0.25, -0.2) is 0 Å². The highest BCUT2D eigenvalue weighted by Gasteiger charge is 2.14. The van der Waals surface area contributed by atoms with Gasteiger partial charge in [-0.2, -0.15) is 0 Å². The van der Waals surface area contributed by atoms with Gasteiger partial charge in [0.2, 0.25) is 5.75 Å². The molecule has 0 aliphatic carbocycles. The number of carbonyl (C=O) groups is 1. The van der Waals surface area contributed by atoms with Gasteiger partial charge in [-0.15, -0.1) is 0 Å². The van der Waals surface area contributed by atoms with Crippen LogP contribution in [0.2, 0.25) is 0 Å². The Labute approximate surface area is 124 Å². The van der Waals surface area contributed by atoms with E-state index in [-0.39, 0.29) is 5.78 Å². The number of hydrogen-bond donors (Lipinski definition) is 0. The highest BCUT2D eigenvalue weighted by atomic mass is 16.5. The summed E-state index contributed by atoms with van der Waals surface area (Å²) in [5.74, 6) is 1.75. The van der Waals surface area contributed by atoms with Crippen LogP contribution in [-0.4, -0.2) is 27.1 Å². The van der Waals surface area contributed by atoms with E-state index in [1.807, 2.05) is 30.3 Å². The van der Waals surface area contributed by atoms with Crippen molar-refractivity contribution in [2.45, 2.75) is 6.92 Å². The summed E-state index contributed by atoms with van der Waals surface area (Å²) in [6.45, 7) is 1.55. The van der Waals surface area contributed by atoms with Gasteiger partial charge in [0.1, 0.15) is 0 Å². The number of ketones is 1. The predicted octanol–water partition coefficient (Wildman–Crippen LogP) is 3.58. The molecule has 2 aromatic carbocycles. The van der Waals surface area contributed by atoms with E-state index in [1.165, 1.54) is 0 Å². The predicted molar refractivity (Wildman–Crippen MR) is 81.5 cm³/mol. The second-order valence-electron chi connectivity index (χ2n) is 4.55. The highest BCUT2D eigenvalue weighted by molar-refractivity contribution is 5.95. The quantitative estimate of drug-likeness (QED) is 0.788. The molecule has 2 rings (SSSR count).